The highest BCUT2D eigenvalue weighted by atomic mass is 19.1. The van der Waals surface area contributed by atoms with Crippen molar-refractivity contribution in [1.29, 1.82) is 0 Å². The number of hydrogen-bond donors (Lipinski definition) is 1. The Labute approximate surface area is 180 Å². The van der Waals surface area contributed by atoms with E-state index in [1.54, 1.807) is 18.2 Å². The maximum absolute atomic E-state index is 13.6. The summed E-state index contributed by atoms with van der Waals surface area (Å²) in [5.74, 6) is 0.0269. The standard InChI is InChI=1S/C24H25FN4O2/c1-17-7-9-18(10-8-17)15-26-24(31)19-4-3-13-28(16-19)22-11-12-23(30)29(27-22)21-6-2-5-20(25)14-21/h2,5-12,14,19H,3-4,13,15-16H2,1H3,(H,26,31)/t19-/m1/s1. The average Bonchev–Trinajstić information content (AvgIpc) is 2.79. The molecule has 6 nitrogen and oxygen atoms in total. The van der Waals surface area contributed by atoms with Gasteiger partial charge >= 0.3 is 0 Å². The molecule has 1 N–H and O–H groups in total. The first-order valence-electron chi connectivity index (χ1n) is 10.4. The fourth-order valence-electron chi connectivity index (χ4n) is 3.80. The number of rotatable bonds is 5. The number of carbonyl (C=O) groups is 1. The van der Waals surface area contributed by atoms with Crippen molar-refractivity contribution < 1.29 is 9.18 Å². The van der Waals surface area contributed by atoms with E-state index in [2.05, 4.69) is 10.4 Å². The average molecular weight is 420 g/mol. The Balaban J connectivity index is 1.45. The van der Waals surface area contributed by atoms with E-state index in [-0.39, 0.29) is 17.4 Å². The molecular weight excluding hydrogens is 395 g/mol. The van der Waals surface area contributed by atoms with Crippen molar-refractivity contribution in [1.82, 2.24) is 15.1 Å². The monoisotopic (exact) mass is 420 g/mol. The lowest BCUT2D eigenvalue weighted by molar-refractivity contribution is -0.125. The summed E-state index contributed by atoms with van der Waals surface area (Å²) in [4.78, 5) is 27.0. The van der Waals surface area contributed by atoms with E-state index in [9.17, 15) is 14.0 Å². The fourth-order valence-corrected chi connectivity index (χ4v) is 3.80. The van der Waals surface area contributed by atoms with Gasteiger partial charge in [-0.2, -0.15) is 4.68 Å². The number of hydrogen-bond acceptors (Lipinski definition) is 4. The van der Waals surface area contributed by atoms with E-state index < -0.39 is 5.82 Å². The van der Waals surface area contributed by atoms with Crippen LogP contribution >= 0.6 is 0 Å². The van der Waals surface area contributed by atoms with Crippen molar-refractivity contribution >= 4 is 11.7 Å². The van der Waals surface area contributed by atoms with Gasteiger partial charge in [-0.1, -0.05) is 35.9 Å². The van der Waals surface area contributed by atoms with E-state index in [1.807, 2.05) is 36.1 Å². The van der Waals surface area contributed by atoms with Crippen LogP contribution in [0.1, 0.15) is 24.0 Å². The highest BCUT2D eigenvalue weighted by molar-refractivity contribution is 5.79. The van der Waals surface area contributed by atoms with Gasteiger partial charge in [-0.15, -0.1) is 5.10 Å². The van der Waals surface area contributed by atoms with Crippen LogP contribution < -0.4 is 15.8 Å². The summed E-state index contributed by atoms with van der Waals surface area (Å²) in [6.45, 7) is 3.80. The molecule has 160 valence electrons. The fraction of sp³-hybridized carbons (Fsp3) is 0.292. The van der Waals surface area contributed by atoms with Crippen LogP contribution in [0, 0.1) is 18.7 Å². The molecule has 0 spiro atoms. The van der Waals surface area contributed by atoms with Crippen molar-refractivity contribution in [2.75, 3.05) is 18.0 Å². The summed E-state index contributed by atoms with van der Waals surface area (Å²) in [5.41, 5.74) is 2.29. The minimum Gasteiger partial charge on any atom is -0.354 e. The highest BCUT2D eigenvalue weighted by Gasteiger charge is 2.26. The van der Waals surface area contributed by atoms with Crippen LogP contribution in [0.4, 0.5) is 10.2 Å². The Bertz CT molecular complexity index is 1130. The first-order valence-corrected chi connectivity index (χ1v) is 10.4. The number of carbonyl (C=O) groups excluding carboxylic acids is 1. The molecule has 1 aliphatic heterocycles. The number of amides is 1. The number of aromatic nitrogens is 2. The van der Waals surface area contributed by atoms with Crippen LogP contribution in [0.15, 0.2) is 65.5 Å². The Morgan fingerprint density at radius 1 is 1.16 bits per heavy atom. The summed E-state index contributed by atoms with van der Waals surface area (Å²) in [6, 6.07) is 17.0. The van der Waals surface area contributed by atoms with Gasteiger partial charge in [0.2, 0.25) is 5.91 Å². The molecule has 1 aromatic heterocycles. The molecule has 1 fully saturated rings. The number of aryl methyl sites for hydroxylation is 1. The normalized spacial score (nSPS) is 16.2. The SMILES string of the molecule is Cc1ccc(CNC(=O)[C@@H]2CCCN(c3ccc(=O)n(-c4cccc(F)c4)n3)C2)cc1. The van der Waals surface area contributed by atoms with Crippen molar-refractivity contribution in [3.05, 3.63) is 88.0 Å². The van der Waals surface area contributed by atoms with Gasteiger partial charge in [0.05, 0.1) is 11.6 Å². The number of halogens is 1. The minimum absolute atomic E-state index is 0.0173. The number of benzene rings is 2. The molecule has 0 radical (unpaired) electrons. The van der Waals surface area contributed by atoms with Crippen LogP contribution in [-0.2, 0) is 11.3 Å². The Morgan fingerprint density at radius 3 is 2.74 bits per heavy atom. The second-order valence-electron chi connectivity index (χ2n) is 7.91. The van der Waals surface area contributed by atoms with Crippen molar-refractivity contribution in [3.63, 3.8) is 0 Å². The molecule has 1 aliphatic rings. The molecule has 31 heavy (non-hydrogen) atoms. The number of nitrogens with one attached hydrogen (secondary N) is 1. The third-order valence-electron chi connectivity index (χ3n) is 5.54. The number of anilines is 1. The summed E-state index contributed by atoms with van der Waals surface area (Å²) in [6.07, 6.45) is 1.66. The third-order valence-corrected chi connectivity index (χ3v) is 5.54. The molecule has 1 atom stereocenters. The predicted molar refractivity (Wildman–Crippen MR) is 118 cm³/mol. The second kappa shape index (κ2) is 9.12. The largest absolute Gasteiger partial charge is 0.354 e. The zero-order chi connectivity index (χ0) is 21.8. The maximum Gasteiger partial charge on any atom is 0.271 e. The number of nitrogens with zero attached hydrogens (tertiary/aromatic N) is 3. The Morgan fingerprint density at radius 2 is 1.97 bits per heavy atom. The molecule has 7 heteroatoms. The van der Waals surface area contributed by atoms with Crippen LogP contribution in [0.3, 0.4) is 0 Å². The molecule has 2 aromatic carbocycles. The van der Waals surface area contributed by atoms with E-state index >= 15 is 0 Å². The topological polar surface area (TPSA) is 67.2 Å². The van der Waals surface area contributed by atoms with Gasteiger partial charge in [-0.3, -0.25) is 9.59 Å². The van der Waals surface area contributed by atoms with Gasteiger partial charge < -0.3 is 10.2 Å². The number of piperidine rings is 1. The van der Waals surface area contributed by atoms with Crippen LogP contribution in [0.2, 0.25) is 0 Å². The van der Waals surface area contributed by atoms with Gasteiger partial charge in [0.15, 0.2) is 0 Å². The Kier molecular flexibility index (Phi) is 6.11. The zero-order valence-electron chi connectivity index (χ0n) is 17.4. The van der Waals surface area contributed by atoms with Gasteiger partial charge in [0.25, 0.3) is 5.56 Å². The van der Waals surface area contributed by atoms with Gasteiger partial charge in [0.1, 0.15) is 11.6 Å². The maximum atomic E-state index is 13.6. The third kappa shape index (κ3) is 4.99. The molecule has 1 saturated heterocycles. The van der Waals surface area contributed by atoms with E-state index in [1.165, 1.54) is 28.4 Å². The lowest BCUT2D eigenvalue weighted by Crippen LogP contribution is -2.43. The Hall–Kier alpha value is -3.48. The van der Waals surface area contributed by atoms with Crippen molar-refractivity contribution in [2.45, 2.75) is 26.3 Å². The molecule has 3 aromatic rings. The molecule has 0 saturated carbocycles. The smallest absolute Gasteiger partial charge is 0.271 e. The van der Waals surface area contributed by atoms with Crippen LogP contribution in [-0.4, -0.2) is 28.8 Å². The van der Waals surface area contributed by atoms with Gasteiger partial charge in [0, 0.05) is 25.7 Å². The lowest BCUT2D eigenvalue weighted by Gasteiger charge is -2.33. The summed E-state index contributed by atoms with van der Waals surface area (Å²) >= 11 is 0. The van der Waals surface area contributed by atoms with E-state index in [0.29, 0.717) is 24.6 Å². The quantitative estimate of drug-likeness (QED) is 0.688. The van der Waals surface area contributed by atoms with E-state index in [4.69, 9.17) is 0 Å². The highest BCUT2D eigenvalue weighted by Crippen LogP contribution is 2.22. The molecular formula is C24H25FN4O2. The molecule has 2 heterocycles. The zero-order valence-corrected chi connectivity index (χ0v) is 17.4. The molecule has 0 bridgehead atoms. The van der Waals surface area contributed by atoms with Crippen LogP contribution in [0.5, 0.6) is 0 Å². The predicted octanol–water partition coefficient (Wildman–Crippen LogP) is 3.21. The van der Waals surface area contributed by atoms with Gasteiger partial charge in [-0.25, -0.2) is 4.39 Å². The minimum atomic E-state index is -0.431. The van der Waals surface area contributed by atoms with Crippen molar-refractivity contribution in [3.8, 4) is 5.69 Å². The summed E-state index contributed by atoms with van der Waals surface area (Å²) < 4.78 is 14.8. The van der Waals surface area contributed by atoms with Crippen molar-refractivity contribution in [2.24, 2.45) is 5.92 Å². The summed E-state index contributed by atoms with van der Waals surface area (Å²) in [5, 5.41) is 7.46. The first kappa shape index (κ1) is 20.8. The molecule has 0 aliphatic carbocycles. The molecule has 4 rings (SSSR count). The molecule has 0 unspecified atom stereocenters. The summed E-state index contributed by atoms with van der Waals surface area (Å²) in [7, 11) is 0. The first-order chi connectivity index (χ1) is 15.0. The molecule has 1 amide bonds. The van der Waals surface area contributed by atoms with Crippen LogP contribution in [0.25, 0.3) is 5.69 Å². The van der Waals surface area contributed by atoms with E-state index in [0.717, 1.165) is 24.9 Å². The van der Waals surface area contributed by atoms with Gasteiger partial charge in [-0.05, 0) is 49.6 Å². The second-order valence-corrected chi connectivity index (χ2v) is 7.91. The lowest BCUT2D eigenvalue weighted by atomic mass is 9.97.